The second kappa shape index (κ2) is 8.53. The van der Waals surface area contributed by atoms with Crippen molar-refractivity contribution in [2.45, 2.75) is 13.8 Å². The molecule has 3 nitrogen and oxygen atoms in total. The van der Waals surface area contributed by atoms with E-state index in [1.807, 2.05) is 25.2 Å². The Hall–Kier alpha value is -1.61. The van der Waals surface area contributed by atoms with E-state index in [0.29, 0.717) is 12.1 Å². The van der Waals surface area contributed by atoms with Crippen molar-refractivity contribution in [3.63, 3.8) is 0 Å². The first-order valence-corrected chi connectivity index (χ1v) is 5.57. The third kappa shape index (κ3) is 5.88. The number of carbonyl (C=O) groups is 1. The van der Waals surface area contributed by atoms with Gasteiger partial charge in [-0.25, -0.2) is 0 Å². The summed E-state index contributed by atoms with van der Waals surface area (Å²) in [5.74, 6) is -0.523. The first-order chi connectivity index (χ1) is 8.06. The highest BCUT2D eigenvalue weighted by Gasteiger charge is 2.14. The Morgan fingerprint density at radius 1 is 1.53 bits per heavy atom. The van der Waals surface area contributed by atoms with Gasteiger partial charge in [-0.15, -0.1) is 0 Å². The molecule has 0 rings (SSSR count). The van der Waals surface area contributed by atoms with Gasteiger partial charge in [0.1, 0.15) is 0 Å². The molecule has 0 aromatic heterocycles. The molecule has 0 spiro atoms. The number of nitrogens with one attached hydrogen (secondary N) is 1. The van der Waals surface area contributed by atoms with Crippen LogP contribution in [-0.4, -0.2) is 24.2 Å². The van der Waals surface area contributed by atoms with E-state index in [1.54, 1.807) is 13.0 Å². The molecule has 1 amide bonds. The van der Waals surface area contributed by atoms with Gasteiger partial charge in [0, 0.05) is 6.54 Å². The van der Waals surface area contributed by atoms with Gasteiger partial charge in [0.05, 0.1) is 12.5 Å². The van der Waals surface area contributed by atoms with Crippen molar-refractivity contribution < 1.29 is 9.90 Å². The topological polar surface area (TPSA) is 49.3 Å². The molecule has 0 aliphatic carbocycles. The third-order valence-corrected chi connectivity index (χ3v) is 2.44. The first kappa shape index (κ1) is 15.4. The Kier molecular flexibility index (Phi) is 7.72. The Bertz CT molecular complexity index is 340. The van der Waals surface area contributed by atoms with E-state index in [1.165, 1.54) is 0 Å². The number of rotatable bonds is 7. The number of allylic oxidation sites excluding steroid dienone is 3. The lowest BCUT2D eigenvalue weighted by Gasteiger charge is -2.13. The summed E-state index contributed by atoms with van der Waals surface area (Å²) in [5.41, 5.74) is 1.44. The monoisotopic (exact) mass is 235 g/mol. The first-order valence-electron chi connectivity index (χ1n) is 5.57. The summed E-state index contributed by atoms with van der Waals surface area (Å²) in [5, 5.41) is 11.7. The number of amides is 1. The lowest BCUT2D eigenvalue weighted by molar-refractivity contribution is -0.123. The number of hydrogen-bond donors (Lipinski definition) is 2. The quantitative estimate of drug-likeness (QED) is 0.523. The van der Waals surface area contributed by atoms with Gasteiger partial charge in [-0.3, -0.25) is 4.79 Å². The maximum Gasteiger partial charge on any atom is 0.227 e. The van der Waals surface area contributed by atoms with Crippen molar-refractivity contribution >= 4 is 5.91 Å². The highest BCUT2D eigenvalue weighted by molar-refractivity contribution is 5.81. The molecule has 0 radical (unpaired) electrons. The van der Waals surface area contributed by atoms with Gasteiger partial charge in [-0.1, -0.05) is 37.5 Å². The lowest BCUT2D eigenvalue weighted by atomic mass is 10.0. The molecular formula is C14H21NO2. The van der Waals surface area contributed by atoms with E-state index in [2.05, 4.69) is 18.5 Å². The van der Waals surface area contributed by atoms with Crippen LogP contribution in [0.25, 0.3) is 0 Å². The van der Waals surface area contributed by atoms with Gasteiger partial charge in [0.25, 0.3) is 0 Å². The van der Waals surface area contributed by atoms with Crippen LogP contribution in [0.2, 0.25) is 0 Å². The molecule has 0 bridgehead atoms. The van der Waals surface area contributed by atoms with Crippen LogP contribution in [-0.2, 0) is 4.79 Å². The second-order valence-corrected chi connectivity index (χ2v) is 3.73. The average molecular weight is 235 g/mol. The standard InChI is InChI=1S/C14H21NO2/c1-5-7-8-13(6-2)9-15-14(17)12(4)11(3)10-16/h5-8,12,16H,2-3,9-10H2,1,4H3,(H,15,17)/b7-5-,13-8+. The van der Waals surface area contributed by atoms with Crippen molar-refractivity contribution in [1.29, 1.82) is 0 Å². The van der Waals surface area contributed by atoms with Gasteiger partial charge < -0.3 is 10.4 Å². The zero-order valence-corrected chi connectivity index (χ0v) is 10.6. The van der Waals surface area contributed by atoms with Crippen LogP contribution in [0.1, 0.15) is 13.8 Å². The molecule has 0 aliphatic heterocycles. The van der Waals surface area contributed by atoms with E-state index < -0.39 is 0 Å². The fourth-order valence-corrected chi connectivity index (χ4v) is 1.08. The van der Waals surface area contributed by atoms with E-state index in [-0.39, 0.29) is 18.4 Å². The number of aliphatic hydroxyl groups is 1. The van der Waals surface area contributed by atoms with E-state index in [0.717, 1.165) is 5.57 Å². The fourth-order valence-electron chi connectivity index (χ4n) is 1.08. The largest absolute Gasteiger partial charge is 0.392 e. The van der Waals surface area contributed by atoms with Crippen molar-refractivity contribution in [2.75, 3.05) is 13.2 Å². The van der Waals surface area contributed by atoms with Crippen LogP contribution < -0.4 is 5.32 Å². The summed E-state index contributed by atoms with van der Waals surface area (Å²) in [7, 11) is 0. The van der Waals surface area contributed by atoms with Crippen LogP contribution in [0.5, 0.6) is 0 Å². The van der Waals surface area contributed by atoms with Crippen molar-refractivity contribution in [2.24, 2.45) is 5.92 Å². The molecule has 0 saturated carbocycles. The molecule has 0 aromatic rings. The van der Waals surface area contributed by atoms with Gasteiger partial charge in [-0.05, 0) is 25.0 Å². The molecular weight excluding hydrogens is 214 g/mol. The Balaban J connectivity index is 4.32. The molecule has 2 N–H and O–H groups in total. The van der Waals surface area contributed by atoms with Crippen molar-refractivity contribution in [3.8, 4) is 0 Å². The minimum atomic E-state index is -0.382. The number of aliphatic hydroxyl groups excluding tert-OH is 1. The second-order valence-electron chi connectivity index (χ2n) is 3.73. The summed E-state index contributed by atoms with van der Waals surface area (Å²) in [6, 6.07) is 0. The summed E-state index contributed by atoms with van der Waals surface area (Å²) in [4.78, 5) is 11.7. The van der Waals surface area contributed by atoms with E-state index in [9.17, 15) is 4.79 Å². The van der Waals surface area contributed by atoms with E-state index in [4.69, 9.17) is 5.11 Å². The van der Waals surface area contributed by atoms with Crippen LogP contribution in [0.3, 0.4) is 0 Å². The van der Waals surface area contributed by atoms with Crippen molar-refractivity contribution in [3.05, 3.63) is 48.6 Å². The van der Waals surface area contributed by atoms with Crippen molar-refractivity contribution in [1.82, 2.24) is 5.32 Å². The predicted molar refractivity (Wildman–Crippen MR) is 71.5 cm³/mol. The maximum atomic E-state index is 11.7. The normalized spacial score (nSPS) is 13.5. The van der Waals surface area contributed by atoms with Crippen LogP contribution in [0, 0.1) is 5.92 Å². The molecule has 0 saturated heterocycles. The molecule has 0 aromatic carbocycles. The Labute approximate surface area is 103 Å². The minimum absolute atomic E-state index is 0.141. The molecule has 94 valence electrons. The van der Waals surface area contributed by atoms with Gasteiger partial charge >= 0.3 is 0 Å². The van der Waals surface area contributed by atoms with Crippen LogP contribution in [0.4, 0.5) is 0 Å². The number of hydrogen-bond acceptors (Lipinski definition) is 2. The molecule has 0 fully saturated rings. The Morgan fingerprint density at radius 3 is 2.65 bits per heavy atom. The highest BCUT2D eigenvalue weighted by Crippen LogP contribution is 2.07. The third-order valence-electron chi connectivity index (χ3n) is 2.44. The van der Waals surface area contributed by atoms with Gasteiger partial charge in [-0.2, -0.15) is 0 Å². The SMILES string of the molecule is C=C/C(=C\C=C/C)CNC(=O)C(C)C(=C)CO. The van der Waals surface area contributed by atoms with Crippen LogP contribution >= 0.6 is 0 Å². The molecule has 17 heavy (non-hydrogen) atoms. The summed E-state index contributed by atoms with van der Waals surface area (Å²) >= 11 is 0. The van der Waals surface area contributed by atoms with E-state index >= 15 is 0 Å². The fraction of sp³-hybridized carbons (Fsp3) is 0.357. The summed E-state index contributed by atoms with van der Waals surface area (Å²) in [6.45, 7) is 11.2. The smallest absolute Gasteiger partial charge is 0.227 e. The molecule has 1 atom stereocenters. The molecule has 1 unspecified atom stereocenters. The summed E-state index contributed by atoms with van der Waals surface area (Å²) in [6.07, 6.45) is 7.38. The van der Waals surface area contributed by atoms with Crippen LogP contribution in [0.15, 0.2) is 48.6 Å². The molecule has 3 heteroatoms. The minimum Gasteiger partial charge on any atom is -0.392 e. The number of carbonyl (C=O) groups excluding carboxylic acids is 1. The lowest BCUT2D eigenvalue weighted by Crippen LogP contribution is -2.31. The maximum absolute atomic E-state index is 11.7. The van der Waals surface area contributed by atoms with Gasteiger partial charge in [0.15, 0.2) is 0 Å². The highest BCUT2D eigenvalue weighted by atomic mass is 16.3. The average Bonchev–Trinajstić information content (AvgIpc) is 2.36. The summed E-state index contributed by atoms with van der Waals surface area (Å²) < 4.78 is 0. The predicted octanol–water partition coefficient (Wildman–Crippen LogP) is 1.98. The molecule has 0 heterocycles. The zero-order valence-electron chi connectivity index (χ0n) is 10.6. The van der Waals surface area contributed by atoms with Gasteiger partial charge in [0.2, 0.25) is 5.91 Å². The molecule has 0 aliphatic rings. The Morgan fingerprint density at radius 2 is 2.18 bits per heavy atom. The zero-order chi connectivity index (χ0) is 13.3.